The molecular weight excluding hydrogens is 306 g/mol. The van der Waals surface area contributed by atoms with Crippen molar-refractivity contribution in [3.63, 3.8) is 0 Å². The summed E-state index contributed by atoms with van der Waals surface area (Å²) < 4.78 is 31.4. The highest BCUT2D eigenvalue weighted by Crippen LogP contribution is 2.29. The summed E-state index contributed by atoms with van der Waals surface area (Å²) in [6.45, 7) is 2.16. The minimum absolute atomic E-state index is 0.0369. The number of anilines is 1. The largest absolute Gasteiger partial charge is 0.492 e. The van der Waals surface area contributed by atoms with Gasteiger partial charge in [-0.05, 0) is 31.5 Å². The standard InChI is InChI=1S/C12H16ClNO5S/c1-2-19-11-6-5-9(13)8-10(11)14-20(17,18)7-3-4-12(15)16/h5-6,8,14H,2-4,7H2,1H3,(H,15,16). The Labute approximate surface area is 122 Å². The third-order valence-corrected chi connectivity index (χ3v) is 3.90. The van der Waals surface area contributed by atoms with E-state index in [0.717, 1.165) is 0 Å². The van der Waals surface area contributed by atoms with Crippen LogP contribution < -0.4 is 9.46 Å². The highest BCUT2D eigenvalue weighted by Gasteiger charge is 2.14. The number of carboxylic acid groups (broad SMARTS) is 1. The molecule has 0 aliphatic heterocycles. The number of hydrogen-bond donors (Lipinski definition) is 2. The number of carboxylic acids is 1. The van der Waals surface area contributed by atoms with Gasteiger partial charge in [0.25, 0.3) is 0 Å². The second kappa shape index (κ2) is 7.35. The smallest absolute Gasteiger partial charge is 0.303 e. The third kappa shape index (κ3) is 5.66. The molecule has 0 aromatic heterocycles. The van der Waals surface area contributed by atoms with Gasteiger partial charge in [0.05, 0.1) is 18.0 Å². The molecule has 0 bridgehead atoms. The molecule has 0 aliphatic rings. The second-order valence-corrected chi connectivity index (χ2v) is 6.27. The van der Waals surface area contributed by atoms with E-state index < -0.39 is 16.0 Å². The quantitative estimate of drug-likeness (QED) is 0.766. The lowest BCUT2D eigenvalue weighted by Gasteiger charge is -2.13. The number of ether oxygens (including phenoxy) is 1. The first kappa shape index (κ1) is 16.6. The number of rotatable bonds is 8. The zero-order valence-electron chi connectivity index (χ0n) is 10.9. The van der Waals surface area contributed by atoms with Gasteiger partial charge in [-0.1, -0.05) is 11.6 Å². The van der Waals surface area contributed by atoms with E-state index in [1.807, 2.05) is 0 Å². The highest BCUT2D eigenvalue weighted by atomic mass is 35.5. The first-order valence-electron chi connectivity index (χ1n) is 5.98. The SMILES string of the molecule is CCOc1ccc(Cl)cc1NS(=O)(=O)CCCC(=O)O. The summed E-state index contributed by atoms with van der Waals surface area (Å²) >= 11 is 5.82. The van der Waals surface area contributed by atoms with Crippen LogP contribution in [0.25, 0.3) is 0 Å². The van der Waals surface area contributed by atoms with Gasteiger partial charge in [0, 0.05) is 11.4 Å². The lowest BCUT2D eigenvalue weighted by Crippen LogP contribution is -2.18. The first-order chi connectivity index (χ1) is 9.34. The summed E-state index contributed by atoms with van der Waals surface area (Å²) in [4.78, 5) is 10.4. The molecule has 0 saturated heterocycles. The summed E-state index contributed by atoms with van der Waals surface area (Å²) in [5, 5.41) is 8.87. The average Bonchev–Trinajstić information content (AvgIpc) is 2.31. The van der Waals surface area contributed by atoms with Crippen molar-refractivity contribution in [3.8, 4) is 5.75 Å². The Morgan fingerprint density at radius 3 is 2.75 bits per heavy atom. The topological polar surface area (TPSA) is 92.7 Å². The van der Waals surface area contributed by atoms with Crippen molar-refractivity contribution in [2.24, 2.45) is 0 Å². The molecule has 20 heavy (non-hydrogen) atoms. The van der Waals surface area contributed by atoms with Gasteiger partial charge in [0.1, 0.15) is 5.75 Å². The Bertz CT molecular complexity index is 573. The number of hydrogen-bond acceptors (Lipinski definition) is 4. The van der Waals surface area contributed by atoms with Gasteiger partial charge in [-0.25, -0.2) is 8.42 Å². The third-order valence-electron chi connectivity index (χ3n) is 2.31. The van der Waals surface area contributed by atoms with Crippen LogP contribution in [0, 0.1) is 0 Å². The fraction of sp³-hybridized carbons (Fsp3) is 0.417. The summed E-state index contributed by atoms with van der Waals surface area (Å²) in [6.07, 6.45) is -0.163. The van der Waals surface area contributed by atoms with Crippen molar-refractivity contribution >= 4 is 33.3 Å². The number of benzene rings is 1. The van der Waals surface area contributed by atoms with Crippen molar-refractivity contribution in [1.29, 1.82) is 0 Å². The maximum absolute atomic E-state index is 11.8. The van der Waals surface area contributed by atoms with Gasteiger partial charge < -0.3 is 9.84 Å². The van der Waals surface area contributed by atoms with Crippen molar-refractivity contribution in [2.45, 2.75) is 19.8 Å². The predicted octanol–water partition coefficient (Wildman–Crippen LogP) is 2.35. The molecule has 6 nitrogen and oxygen atoms in total. The molecule has 0 fully saturated rings. The zero-order valence-corrected chi connectivity index (χ0v) is 12.5. The molecule has 0 aliphatic carbocycles. The average molecular weight is 322 g/mol. The summed E-state index contributed by atoms with van der Waals surface area (Å²) in [5.74, 6) is -0.936. The summed E-state index contributed by atoms with van der Waals surface area (Å²) in [6, 6.07) is 4.61. The molecule has 112 valence electrons. The Hall–Kier alpha value is -1.47. The van der Waals surface area contributed by atoms with E-state index in [2.05, 4.69) is 4.72 Å². The first-order valence-corrected chi connectivity index (χ1v) is 8.01. The van der Waals surface area contributed by atoms with Crippen LogP contribution in [0.15, 0.2) is 18.2 Å². The second-order valence-electron chi connectivity index (χ2n) is 3.99. The number of sulfonamides is 1. The van der Waals surface area contributed by atoms with E-state index in [0.29, 0.717) is 17.4 Å². The minimum Gasteiger partial charge on any atom is -0.492 e. The Morgan fingerprint density at radius 1 is 1.45 bits per heavy atom. The van der Waals surface area contributed by atoms with Gasteiger partial charge in [0.2, 0.25) is 10.0 Å². The van der Waals surface area contributed by atoms with Gasteiger partial charge >= 0.3 is 5.97 Å². The van der Waals surface area contributed by atoms with E-state index in [-0.39, 0.29) is 24.3 Å². The fourth-order valence-electron chi connectivity index (χ4n) is 1.50. The molecule has 0 atom stereocenters. The van der Waals surface area contributed by atoms with Crippen LogP contribution in [0.5, 0.6) is 5.75 Å². The molecule has 0 saturated carbocycles. The fourth-order valence-corrected chi connectivity index (χ4v) is 2.79. The summed E-state index contributed by atoms with van der Waals surface area (Å²) in [5.41, 5.74) is 0.245. The van der Waals surface area contributed by atoms with Crippen LogP contribution in [0.2, 0.25) is 5.02 Å². The van der Waals surface area contributed by atoms with E-state index >= 15 is 0 Å². The van der Waals surface area contributed by atoms with Crippen LogP contribution in [-0.2, 0) is 14.8 Å². The number of nitrogens with one attached hydrogen (secondary N) is 1. The van der Waals surface area contributed by atoms with E-state index in [4.69, 9.17) is 21.4 Å². The van der Waals surface area contributed by atoms with Crippen LogP contribution in [0.3, 0.4) is 0 Å². The van der Waals surface area contributed by atoms with Gasteiger partial charge in [0.15, 0.2) is 0 Å². The van der Waals surface area contributed by atoms with Crippen molar-refractivity contribution in [2.75, 3.05) is 17.1 Å². The van der Waals surface area contributed by atoms with Crippen LogP contribution in [0.4, 0.5) is 5.69 Å². The predicted molar refractivity (Wildman–Crippen MR) is 76.9 cm³/mol. The molecule has 1 rings (SSSR count). The van der Waals surface area contributed by atoms with Crippen LogP contribution in [0.1, 0.15) is 19.8 Å². The van der Waals surface area contributed by atoms with Gasteiger partial charge in [-0.15, -0.1) is 0 Å². The Balaban J connectivity index is 2.80. The van der Waals surface area contributed by atoms with E-state index in [1.54, 1.807) is 19.1 Å². The Morgan fingerprint density at radius 2 is 2.15 bits per heavy atom. The van der Waals surface area contributed by atoms with Gasteiger partial charge in [-0.3, -0.25) is 9.52 Å². The summed E-state index contributed by atoms with van der Waals surface area (Å²) in [7, 11) is -3.64. The molecule has 0 amide bonds. The minimum atomic E-state index is -3.64. The Kier molecular flexibility index (Phi) is 6.09. The van der Waals surface area contributed by atoms with Crippen LogP contribution >= 0.6 is 11.6 Å². The molecule has 0 heterocycles. The van der Waals surface area contributed by atoms with Crippen molar-refractivity contribution < 1.29 is 23.1 Å². The molecule has 0 unspecified atom stereocenters. The number of carbonyl (C=O) groups is 1. The normalized spacial score (nSPS) is 11.1. The maximum atomic E-state index is 11.8. The molecule has 0 radical (unpaired) electrons. The number of aliphatic carboxylic acids is 1. The monoisotopic (exact) mass is 321 g/mol. The van der Waals surface area contributed by atoms with E-state index in [1.165, 1.54) is 6.07 Å². The molecule has 0 spiro atoms. The van der Waals surface area contributed by atoms with Crippen LogP contribution in [-0.4, -0.2) is 31.9 Å². The molecular formula is C12H16ClNO5S. The lowest BCUT2D eigenvalue weighted by atomic mass is 10.3. The molecule has 1 aromatic rings. The zero-order chi connectivity index (χ0) is 15.2. The highest BCUT2D eigenvalue weighted by molar-refractivity contribution is 7.92. The lowest BCUT2D eigenvalue weighted by molar-refractivity contribution is -0.137. The molecule has 8 heteroatoms. The van der Waals surface area contributed by atoms with Crippen molar-refractivity contribution in [3.05, 3.63) is 23.2 Å². The van der Waals surface area contributed by atoms with Gasteiger partial charge in [-0.2, -0.15) is 0 Å². The number of halogens is 1. The van der Waals surface area contributed by atoms with E-state index in [9.17, 15) is 13.2 Å². The maximum Gasteiger partial charge on any atom is 0.303 e. The van der Waals surface area contributed by atoms with Crippen molar-refractivity contribution in [1.82, 2.24) is 0 Å². The molecule has 2 N–H and O–H groups in total. The molecule has 1 aromatic carbocycles.